The lowest BCUT2D eigenvalue weighted by molar-refractivity contribution is 0.0698. The van der Waals surface area contributed by atoms with Crippen LogP contribution in [0.3, 0.4) is 0 Å². The van der Waals surface area contributed by atoms with Crippen molar-refractivity contribution in [3.05, 3.63) is 74.4 Å². The summed E-state index contributed by atoms with van der Waals surface area (Å²) in [5.74, 6) is 0.167. The number of nitriles is 1. The monoisotopic (exact) mass is 693 g/mol. The molecule has 0 aliphatic carbocycles. The smallest absolute Gasteiger partial charge is 0.338 e. The first kappa shape index (κ1) is 33.2. The zero-order chi connectivity index (χ0) is 34.1. The van der Waals surface area contributed by atoms with Crippen LogP contribution in [-0.2, 0) is 6.54 Å². The van der Waals surface area contributed by atoms with Crippen molar-refractivity contribution in [2.75, 3.05) is 38.2 Å². The van der Waals surface area contributed by atoms with E-state index in [4.69, 9.17) is 16.3 Å². The van der Waals surface area contributed by atoms with E-state index >= 15 is 0 Å². The molecule has 0 atom stereocenters. The van der Waals surface area contributed by atoms with Crippen LogP contribution in [0.15, 0.2) is 46.8 Å². The van der Waals surface area contributed by atoms with Crippen LogP contribution in [0.4, 0.5) is 14.6 Å². The maximum Gasteiger partial charge on any atom is 0.338 e. The van der Waals surface area contributed by atoms with E-state index in [1.54, 1.807) is 48.5 Å². The SMILES string of the molecule is Cc1nc2cnc(N(C)C3CCN(CC(F)F)CC3)c(C#N)c2c(=O)n1CCOc1ccc(Cl)cc1-c1ccnc2c(C(=O)O)csc12. The Hall–Kier alpha value is -4.71. The zero-order valence-corrected chi connectivity index (χ0v) is 27.6. The van der Waals surface area contributed by atoms with Gasteiger partial charge in [-0.2, -0.15) is 5.26 Å². The number of aromatic nitrogens is 4. The fraction of sp³-hybridized carbons (Fsp3) is 0.333. The van der Waals surface area contributed by atoms with Gasteiger partial charge < -0.3 is 14.7 Å². The first-order valence-corrected chi connectivity index (χ1v) is 16.4. The van der Waals surface area contributed by atoms with Gasteiger partial charge in [-0.25, -0.2) is 23.5 Å². The topological polar surface area (TPSA) is 137 Å². The molecule has 15 heteroatoms. The lowest BCUT2D eigenvalue weighted by Crippen LogP contribution is -2.45. The summed E-state index contributed by atoms with van der Waals surface area (Å²) in [6.07, 6.45) is 1.86. The van der Waals surface area contributed by atoms with E-state index in [1.807, 2.05) is 4.90 Å². The van der Waals surface area contributed by atoms with E-state index in [-0.39, 0.29) is 42.3 Å². The Bertz CT molecular complexity index is 2130. The number of piperidine rings is 1. The van der Waals surface area contributed by atoms with Crippen LogP contribution >= 0.6 is 22.9 Å². The molecule has 5 heterocycles. The van der Waals surface area contributed by atoms with Gasteiger partial charge in [-0.3, -0.25) is 19.2 Å². The highest BCUT2D eigenvalue weighted by molar-refractivity contribution is 7.18. The highest BCUT2D eigenvalue weighted by Crippen LogP contribution is 2.39. The van der Waals surface area contributed by atoms with Crippen LogP contribution in [0.2, 0.25) is 5.02 Å². The number of anilines is 1. The highest BCUT2D eigenvalue weighted by Gasteiger charge is 2.28. The fourth-order valence-electron chi connectivity index (χ4n) is 6.19. The number of nitrogens with zero attached hydrogens (tertiary/aromatic N) is 7. The molecule has 248 valence electrons. The summed E-state index contributed by atoms with van der Waals surface area (Å²) < 4.78 is 34.0. The third-order valence-electron chi connectivity index (χ3n) is 8.61. The summed E-state index contributed by atoms with van der Waals surface area (Å²) >= 11 is 7.62. The van der Waals surface area contributed by atoms with Crippen LogP contribution in [0.25, 0.3) is 32.2 Å². The van der Waals surface area contributed by atoms with Crippen molar-refractivity contribution in [3.63, 3.8) is 0 Å². The number of likely N-dealkylation sites (tertiary alicyclic amines) is 1. The minimum absolute atomic E-state index is 0.0369. The van der Waals surface area contributed by atoms with E-state index in [2.05, 4.69) is 21.0 Å². The number of pyridine rings is 2. The van der Waals surface area contributed by atoms with Gasteiger partial charge in [-0.15, -0.1) is 11.3 Å². The fourth-order valence-corrected chi connectivity index (χ4v) is 7.38. The van der Waals surface area contributed by atoms with Crippen molar-refractivity contribution in [2.45, 2.75) is 38.8 Å². The lowest BCUT2D eigenvalue weighted by Gasteiger charge is -2.37. The molecule has 4 aromatic heterocycles. The lowest BCUT2D eigenvalue weighted by atomic mass is 10.0. The number of hydrogen-bond acceptors (Lipinski definition) is 10. The van der Waals surface area contributed by atoms with E-state index in [0.717, 1.165) is 0 Å². The molecule has 1 aromatic carbocycles. The first-order chi connectivity index (χ1) is 23.1. The Morgan fingerprint density at radius 2 is 2.02 bits per heavy atom. The molecule has 1 aliphatic heterocycles. The number of carboxylic acid groups (broad SMARTS) is 1. The number of benzene rings is 1. The summed E-state index contributed by atoms with van der Waals surface area (Å²) in [5, 5.41) is 22.0. The van der Waals surface area contributed by atoms with Crippen molar-refractivity contribution < 1.29 is 23.4 Å². The quantitative estimate of drug-likeness (QED) is 0.190. The second-order valence-electron chi connectivity index (χ2n) is 11.5. The Kier molecular flexibility index (Phi) is 9.54. The average Bonchev–Trinajstić information content (AvgIpc) is 3.51. The molecular weight excluding hydrogens is 664 g/mol. The van der Waals surface area contributed by atoms with Gasteiger partial charge in [0, 0.05) is 53.9 Å². The average molecular weight is 694 g/mol. The minimum Gasteiger partial charge on any atom is -0.491 e. The maximum atomic E-state index is 13.9. The normalized spacial score (nSPS) is 14.1. The van der Waals surface area contributed by atoms with Crippen LogP contribution in [0.1, 0.15) is 34.6 Å². The predicted octanol–water partition coefficient (Wildman–Crippen LogP) is 5.84. The van der Waals surface area contributed by atoms with E-state index < -0.39 is 18.0 Å². The first-order valence-electron chi connectivity index (χ1n) is 15.1. The van der Waals surface area contributed by atoms with Crippen LogP contribution in [-0.4, -0.2) is 81.3 Å². The second kappa shape index (κ2) is 13.8. The molecule has 1 N–H and O–H groups in total. The largest absolute Gasteiger partial charge is 0.491 e. The molecule has 0 bridgehead atoms. The summed E-state index contributed by atoms with van der Waals surface area (Å²) in [6.45, 7) is 2.61. The molecule has 0 amide bonds. The number of thiophene rings is 1. The van der Waals surface area contributed by atoms with Gasteiger partial charge in [-0.05, 0) is 44.0 Å². The Morgan fingerprint density at radius 1 is 1.25 bits per heavy atom. The van der Waals surface area contributed by atoms with Crippen molar-refractivity contribution in [3.8, 4) is 22.9 Å². The van der Waals surface area contributed by atoms with Gasteiger partial charge in [0.15, 0.2) is 0 Å². The Morgan fingerprint density at radius 3 is 2.73 bits per heavy atom. The molecule has 6 rings (SSSR count). The van der Waals surface area contributed by atoms with Crippen LogP contribution in [0.5, 0.6) is 5.75 Å². The summed E-state index contributed by atoms with van der Waals surface area (Å²) in [6, 6.07) is 9.02. The van der Waals surface area contributed by atoms with Crippen LogP contribution in [0, 0.1) is 18.3 Å². The summed E-state index contributed by atoms with van der Waals surface area (Å²) in [4.78, 5) is 42.6. The Balaban J connectivity index is 1.27. The Labute approximate surface area is 282 Å². The van der Waals surface area contributed by atoms with E-state index in [1.165, 1.54) is 28.3 Å². The number of aryl methyl sites for hydroxylation is 1. The molecule has 48 heavy (non-hydrogen) atoms. The molecule has 0 spiro atoms. The van der Waals surface area contributed by atoms with E-state index in [0.29, 0.717) is 75.2 Å². The molecule has 11 nitrogen and oxygen atoms in total. The van der Waals surface area contributed by atoms with Gasteiger partial charge in [0.2, 0.25) is 0 Å². The number of halogens is 3. The third-order valence-corrected chi connectivity index (χ3v) is 9.84. The van der Waals surface area contributed by atoms with E-state index in [9.17, 15) is 28.7 Å². The molecule has 5 aromatic rings. The molecule has 1 aliphatic rings. The molecule has 0 unspecified atom stereocenters. The van der Waals surface area contributed by atoms with Gasteiger partial charge >= 0.3 is 5.97 Å². The molecule has 1 fully saturated rings. The molecule has 0 radical (unpaired) electrons. The predicted molar refractivity (Wildman–Crippen MR) is 180 cm³/mol. The molecule has 0 saturated carbocycles. The number of carboxylic acids is 1. The highest BCUT2D eigenvalue weighted by atomic mass is 35.5. The summed E-state index contributed by atoms with van der Waals surface area (Å²) in [7, 11) is 1.80. The van der Waals surface area contributed by atoms with Crippen molar-refractivity contribution in [1.29, 1.82) is 5.26 Å². The number of hydrogen-bond donors (Lipinski definition) is 1. The number of fused-ring (bicyclic) bond motifs is 2. The minimum atomic E-state index is -2.39. The number of aromatic carboxylic acids is 1. The van der Waals surface area contributed by atoms with Gasteiger partial charge in [0.1, 0.15) is 35.6 Å². The number of alkyl halides is 2. The van der Waals surface area contributed by atoms with Crippen molar-refractivity contribution in [1.82, 2.24) is 24.4 Å². The third kappa shape index (κ3) is 6.41. The number of rotatable bonds is 10. The standard InChI is InChI=1S/C33H30ClF2N7O4S/c1-18-40-25-15-39-31(41(2)20-6-9-42(10-7-20)16-27(35)36)23(14-37)28(25)32(44)43(18)11-12-47-26-4-3-19(34)13-22(26)21-5-8-38-29-24(33(45)46)17-48-30(21)29/h3-5,8,13,15,17,20,27H,6-7,9-12,16H2,1-2H3,(H,45,46). The summed E-state index contributed by atoms with van der Waals surface area (Å²) in [5.41, 5.74) is 1.82. The molecular formula is C33H30ClF2N7O4S. The van der Waals surface area contributed by atoms with Gasteiger partial charge in [-0.1, -0.05) is 11.6 Å². The van der Waals surface area contributed by atoms with Crippen LogP contribution < -0.4 is 15.2 Å². The van der Waals surface area contributed by atoms with Crippen molar-refractivity contribution in [2.24, 2.45) is 0 Å². The van der Waals surface area contributed by atoms with Gasteiger partial charge in [0.05, 0.1) is 46.0 Å². The molecule has 1 saturated heterocycles. The number of ether oxygens (including phenoxy) is 1. The maximum absolute atomic E-state index is 13.9. The zero-order valence-electron chi connectivity index (χ0n) is 26.0. The van der Waals surface area contributed by atoms with Gasteiger partial charge in [0.25, 0.3) is 12.0 Å². The van der Waals surface area contributed by atoms with Crippen molar-refractivity contribution >= 4 is 55.8 Å². The number of carbonyl (C=O) groups is 1. The second-order valence-corrected chi connectivity index (χ2v) is 12.8.